The lowest BCUT2D eigenvalue weighted by Crippen LogP contribution is -2.40. The van der Waals surface area contributed by atoms with E-state index in [-0.39, 0.29) is 21.9 Å². The highest BCUT2D eigenvalue weighted by Crippen LogP contribution is 2.20. The van der Waals surface area contributed by atoms with Gasteiger partial charge < -0.3 is 5.11 Å². The average Bonchev–Trinajstić information content (AvgIpc) is 2.38. The Morgan fingerprint density at radius 3 is 2.70 bits per heavy atom. The smallest absolute Gasteiger partial charge is 0.321 e. The normalized spacial score (nSPS) is 12.7. The second-order valence-electron chi connectivity index (χ2n) is 4.05. The predicted octanol–water partition coefficient (Wildman–Crippen LogP) is 1.74. The van der Waals surface area contributed by atoms with E-state index in [0.717, 1.165) is 6.07 Å². The zero-order chi connectivity index (χ0) is 15.3. The fraction of sp³-hybridized carbons (Fsp3) is 0.333. The fourth-order valence-corrected chi connectivity index (χ4v) is 3.23. The number of hydrogen-bond acceptors (Lipinski definition) is 4. The zero-order valence-electron chi connectivity index (χ0n) is 10.6. The number of carboxylic acids is 1. The molecule has 8 heteroatoms. The van der Waals surface area contributed by atoms with Gasteiger partial charge in [0.25, 0.3) is 0 Å². The van der Waals surface area contributed by atoms with Gasteiger partial charge in [-0.05, 0) is 24.6 Å². The maximum absolute atomic E-state index is 12.2. The molecule has 1 rings (SSSR count). The Bertz CT molecular complexity index is 652. The summed E-state index contributed by atoms with van der Waals surface area (Å²) in [7, 11) is -4.13. The first-order valence-electron chi connectivity index (χ1n) is 5.76. The highest BCUT2D eigenvalue weighted by atomic mass is 35.5. The van der Waals surface area contributed by atoms with Crippen LogP contribution in [0.1, 0.15) is 25.3 Å². The van der Waals surface area contributed by atoms with Gasteiger partial charge >= 0.3 is 5.97 Å². The van der Waals surface area contributed by atoms with Crippen molar-refractivity contribution in [3.05, 3.63) is 28.8 Å². The number of nitrogens with one attached hydrogen (secondary N) is 1. The predicted molar refractivity (Wildman–Crippen MR) is 72.8 cm³/mol. The Hall–Kier alpha value is -1.62. The molecule has 1 atom stereocenters. The molecule has 0 amide bonds. The molecule has 0 aliphatic heterocycles. The molecule has 0 aliphatic rings. The van der Waals surface area contributed by atoms with Crippen molar-refractivity contribution in [2.24, 2.45) is 0 Å². The minimum Gasteiger partial charge on any atom is -0.480 e. The second kappa shape index (κ2) is 6.70. The summed E-state index contributed by atoms with van der Waals surface area (Å²) in [5.41, 5.74) is -0.0949. The van der Waals surface area contributed by atoms with E-state index in [1.54, 1.807) is 13.0 Å². The molecule has 0 fully saturated rings. The lowest BCUT2D eigenvalue weighted by molar-refractivity contribution is -0.139. The van der Waals surface area contributed by atoms with E-state index in [2.05, 4.69) is 4.72 Å². The van der Waals surface area contributed by atoms with Gasteiger partial charge in [-0.2, -0.15) is 9.98 Å². The number of nitrogens with zero attached hydrogens (tertiary/aromatic N) is 1. The quantitative estimate of drug-likeness (QED) is 0.831. The van der Waals surface area contributed by atoms with Gasteiger partial charge in [0.05, 0.1) is 5.56 Å². The minimum atomic E-state index is -4.13. The van der Waals surface area contributed by atoms with Crippen molar-refractivity contribution in [3.8, 4) is 6.07 Å². The molecule has 2 N–H and O–H groups in total. The van der Waals surface area contributed by atoms with Crippen LogP contribution in [0.5, 0.6) is 0 Å². The molecule has 0 heterocycles. The van der Waals surface area contributed by atoms with E-state index in [4.69, 9.17) is 22.0 Å². The van der Waals surface area contributed by atoms with Crippen molar-refractivity contribution in [3.63, 3.8) is 0 Å². The molecule has 1 aromatic carbocycles. The summed E-state index contributed by atoms with van der Waals surface area (Å²) in [4.78, 5) is 10.7. The lowest BCUT2D eigenvalue weighted by atomic mass is 10.2. The SMILES string of the molecule is CCCC(NS(=O)(=O)c1cc(Cl)ccc1C#N)C(=O)O. The number of aliphatic carboxylic acids is 1. The van der Waals surface area contributed by atoms with Crippen LogP contribution in [0.4, 0.5) is 0 Å². The lowest BCUT2D eigenvalue weighted by Gasteiger charge is -2.14. The Labute approximate surface area is 122 Å². The van der Waals surface area contributed by atoms with Crippen LogP contribution in [0.3, 0.4) is 0 Å². The summed E-state index contributed by atoms with van der Waals surface area (Å²) in [5, 5.41) is 18.0. The first-order chi connectivity index (χ1) is 9.31. The van der Waals surface area contributed by atoms with Crippen LogP contribution in [0.2, 0.25) is 5.02 Å². The first-order valence-corrected chi connectivity index (χ1v) is 7.62. The van der Waals surface area contributed by atoms with Crippen molar-refractivity contribution < 1.29 is 18.3 Å². The first kappa shape index (κ1) is 16.4. The van der Waals surface area contributed by atoms with Gasteiger partial charge in [0.15, 0.2) is 0 Å². The van der Waals surface area contributed by atoms with Crippen molar-refractivity contribution in [1.82, 2.24) is 4.72 Å². The van der Waals surface area contributed by atoms with Gasteiger partial charge in [-0.1, -0.05) is 24.9 Å². The fourth-order valence-electron chi connectivity index (χ4n) is 1.58. The Balaban J connectivity index is 3.20. The van der Waals surface area contributed by atoms with Crippen molar-refractivity contribution in [2.75, 3.05) is 0 Å². The number of carbonyl (C=O) groups is 1. The molecule has 1 aromatic rings. The minimum absolute atomic E-state index is 0.0949. The van der Waals surface area contributed by atoms with Crippen molar-refractivity contribution in [1.29, 1.82) is 5.26 Å². The van der Waals surface area contributed by atoms with Crippen LogP contribution in [0, 0.1) is 11.3 Å². The van der Waals surface area contributed by atoms with Crippen LogP contribution >= 0.6 is 11.6 Å². The number of benzene rings is 1. The molecule has 108 valence electrons. The van der Waals surface area contributed by atoms with Crippen LogP contribution in [0.25, 0.3) is 0 Å². The molecule has 0 saturated heterocycles. The third-order valence-electron chi connectivity index (χ3n) is 2.53. The molecule has 0 bridgehead atoms. The van der Waals surface area contributed by atoms with Gasteiger partial charge in [0.1, 0.15) is 17.0 Å². The summed E-state index contributed by atoms with van der Waals surface area (Å²) in [6, 6.07) is 4.28. The molecule has 0 spiro atoms. The highest BCUT2D eigenvalue weighted by Gasteiger charge is 2.26. The summed E-state index contributed by atoms with van der Waals surface area (Å²) in [6.07, 6.45) is 0.650. The molecule has 0 saturated carbocycles. The van der Waals surface area contributed by atoms with Crippen molar-refractivity contribution in [2.45, 2.75) is 30.7 Å². The standard InChI is InChI=1S/C12H13ClN2O4S/c1-2-3-10(12(16)17)15-20(18,19)11-6-9(13)5-4-8(11)7-14/h4-6,10,15H,2-3H2,1H3,(H,16,17). The van der Waals surface area contributed by atoms with E-state index in [0.29, 0.717) is 6.42 Å². The van der Waals surface area contributed by atoms with Crippen LogP contribution < -0.4 is 4.72 Å². The third kappa shape index (κ3) is 3.93. The van der Waals surface area contributed by atoms with Gasteiger partial charge in [-0.3, -0.25) is 4.79 Å². The van der Waals surface area contributed by atoms with Gasteiger partial charge in [0, 0.05) is 5.02 Å². The molecule has 0 radical (unpaired) electrons. The molecular weight excluding hydrogens is 304 g/mol. The topological polar surface area (TPSA) is 107 Å². The highest BCUT2D eigenvalue weighted by molar-refractivity contribution is 7.89. The Kier molecular flexibility index (Phi) is 5.51. The summed E-state index contributed by atoms with van der Waals surface area (Å²) < 4.78 is 26.4. The Morgan fingerprint density at radius 2 is 2.20 bits per heavy atom. The largest absolute Gasteiger partial charge is 0.480 e. The molecular formula is C12H13ClN2O4S. The molecule has 20 heavy (non-hydrogen) atoms. The number of sulfonamides is 1. The maximum atomic E-state index is 12.2. The molecule has 6 nitrogen and oxygen atoms in total. The van der Waals surface area contributed by atoms with E-state index in [1.165, 1.54) is 12.1 Å². The number of nitriles is 1. The zero-order valence-corrected chi connectivity index (χ0v) is 12.2. The van der Waals surface area contributed by atoms with E-state index < -0.39 is 22.0 Å². The number of rotatable bonds is 6. The third-order valence-corrected chi connectivity index (χ3v) is 4.27. The molecule has 0 aromatic heterocycles. The van der Waals surface area contributed by atoms with E-state index >= 15 is 0 Å². The van der Waals surface area contributed by atoms with Gasteiger partial charge in [-0.25, -0.2) is 8.42 Å². The van der Waals surface area contributed by atoms with Crippen LogP contribution in [0.15, 0.2) is 23.1 Å². The van der Waals surface area contributed by atoms with E-state index in [1.807, 2.05) is 0 Å². The van der Waals surface area contributed by atoms with Gasteiger partial charge in [0.2, 0.25) is 10.0 Å². The van der Waals surface area contributed by atoms with Crippen LogP contribution in [-0.4, -0.2) is 25.5 Å². The average molecular weight is 317 g/mol. The maximum Gasteiger partial charge on any atom is 0.321 e. The number of halogens is 1. The van der Waals surface area contributed by atoms with Crippen molar-refractivity contribution >= 4 is 27.6 Å². The monoisotopic (exact) mass is 316 g/mol. The van der Waals surface area contributed by atoms with E-state index in [9.17, 15) is 13.2 Å². The number of carboxylic acid groups (broad SMARTS) is 1. The molecule has 1 unspecified atom stereocenters. The number of hydrogen-bond donors (Lipinski definition) is 2. The Morgan fingerprint density at radius 1 is 1.55 bits per heavy atom. The van der Waals surface area contributed by atoms with Crippen LogP contribution in [-0.2, 0) is 14.8 Å². The summed E-state index contributed by atoms with van der Waals surface area (Å²) >= 11 is 5.72. The summed E-state index contributed by atoms with van der Waals surface area (Å²) in [6.45, 7) is 1.74. The van der Waals surface area contributed by atoms with Gasteiger partial charge in [-0.15, -0.1) is 0 Å². The summed E-state index contributed by atoms with van der Waals surface area (Å²) in [5.74, 6) is -1.27. The second-order valence-corrected chi connectivity index (χ2v) is 6.17. The molecule has 0 aliphatic carbocycles.